The van der Waals surface area contributed by atoms with Gasteiger partial charge in [0.1, 0.15) is 4.90 Å². The van der Waals surface area contributed by atoms with Crippen LogP contribution < -0.4 is 10.0 Å². The van der Waals surface area contributed by atoms with E-state index in [0.29, 0.717) is 18.0 Å². The molecule has 0 unspecified atom stereocenters. The Morgan fingerprint density at radius 2 is 1.90 bits per heavy atom. The topological polar surface area (TPSA) is 61.4 Å². The first-order chi connectivity index (χ1) is 9.96. The second kappa shape index (κ2) is 8.85. The van der Waals surface area contributed by atoms with E-state index in [2.05, 4.69) is 28.8 Å². The summed E-state index contributed by atoms with van der Waals surface area (Å²) < 4.78 is 27.7. The fraction of sp³-hybridized carbons (Fsp3) is 0.714. The van der Waals surface area contributed by atoms with E-state index < -0.39 is 10.0 Å². The highest BCUT2D eigenvalue weighted by Crippen LogP contribution is 2.26. The standard InChI is InChI=1S/C14H27N3O2S2/c1-5-15-10-13-14(12(4)11-20-13)21(18,19)16-8-9-17(6-2)7-3/h11,15-16H,5-10H2,1-4H3. The number of hydrogen-bond donors (Lipinski definition) is 2. The summed E-state index contributed by atoms with van der Waals surface area (Å²) in [7, 11) is -3.43. The van der Waals surface area contributed by atoms with Gasteiger partial charge in [-0.1, -0.05) is 20.8 Å². The van der Waals surface area contributed by atoms with Crippen molar-refractivity contribution in [3.8, 4) is 0 Å². The van der Waals surface area contributed by atoms with Gasteiger partial charge in [0.25, 0.3) is 0 Å². The molecule has 2 N–H and O–H groups in total. The molecule has 0 aliphatic rings. The van der Waals surface area contributed by atoms with Gasteiger partial charge in [-0.3, -0.25) is 0 Å². The van der Waals surface area contributed by atoms with Crippen LogP contribution in [-0.4, -0.2) is 46.0 Å². The van der Waals surface area contributed by atoms with Crippen LogP contribution in [0.4, 0.5) is 0 Å². The summed E-state index contributed by atoms with van der Waals surface area (Å²) in [5, 5.41) is 5.10. The fourth-order valence-corrected chi connectivity index (χ4v) is 4.96. The molecule has 5 nitrogen and oxygen atoms in total. The predicted molar refractivity (Wildman–Crippen MR) is 89.4 cm³/mol. The molecule has 1 rings (SSSR count). The smallest absolute Gasteiger partial charge is 0.242 e. The molecule has 1 aromatic rings. The number of thiophene rings is 1. The Morgan fingerprint density at radius 3 is 2.48 bits per heavy atom. The highest BCUT2D eigenvalue weighted by atomic mass is 32.2. The minimum absolute atomic E-state index is 0.444. The fourth-order valence-electron chi connectivity index (χ4n) is 2.16. The summed E-state index contributed by atoms with van der Waals surface area (Å²) in [6, 6.07) is 0. The molecule has 0 aliphatic carbocycles. The van der Waals surface area contributed by atoms with Crippen molar-refractivity contribution in [3.05, 3.63) is 15.8 Å². The van der Waals surface area contributed by atoms with E-state index in [0.717, 1.165) is 36.6 Å². The molecule has 0 aliphatic heterocycles. The highest BCUT2D eigenvalue weighted by molar-refractivity contribution is 7.89. The van der Waals surface area contributed by atoms with Gasteiger partial charge in [0.05, 0.1) is 0 Å². The minimum atomic E-state index is -3.43. The minimum Gasteiger partial charge on any atom is -0.312 e. The summed E-state index contributed by atoms with van der Waals surface area (Å²) in [6.07, 6.45) is 0. The number of likely N-dealkylation sites (N-methyl/N-ethyl adjacent to an activating group) is 1. The van der Waals surface area contributed by atoms with Crippen LogP contribution in [0.2, 0.25) is 0 Å². The molecular weight excluding hydrogens is 306 g/mol. The third-order valence-corrected chi connectivity index (χ3v) is 6.33. The number of nitrogens with one attached hydrogen (secondary N) is 2. The molecule has 0 saturated carbocycles. The number of sulfonamides is 1. The van der Waals surface area contributed by atoms with Crippen LogP contribution >= 0.6 is 11.3 Å². The molecule has 0 spiro atoms. The Bertz CT molecular complexity index is 522. The lowest BCUT2D eigenvalue weighted by Gasteiger charge is -2.18. The summed E-state index contributed by atoms with van der Waals surface area (Å²) in [4.78, 5) is 3.53. The van der Waals surface area contributed by atoms with Gasteiger partial charge in [-0.15, -0.1) is 11.3 Å². The molecule has 0 radical (unpaired) electrons. The van der Waals surface area contributed by atoms with Gasteiger partial charge in [-0.2, -0.15) is 0 Å². The molecule has 0 fully saturated rings. The second-order valence-corrected chi connectivity index (χ2v) is 7.54. The van der Waals surface area contributed by atoms with E-state index in [9.17, 15) is 8.42 Å². The van der Waals surface area contributed by atoms with Gasteiger partial charge in [-0.25, -0.2) is 13.1 Å². The molecule has 21 heavy (non-hydrogen) atoms. The monoisotopic (exact) mass is 333 g/mol. The molecule has 7 heteroatoms. The van der Waals surface area contributed by atoms with Crippen molar-refractivity contribution in [2.75, 3.05) is 32.7 Å². The van der Waals surface area contributed by atoms with Crippen molar-refractivity contribution in [2.45, 2.75) is 39.1 Å². The summed E-state index contributed by atoms with van der Waals surface area (Å²) in [6.45, 7) is 12.5. The largest absolute Gasteiger partial charge is 0.312 e. The molecular formula is C14H27N3O2S2. The van der Waals surface area contributed by atoms with Gasteiger partial charge in [0, 0.05) is 24.5 Å². The lowest BCUT2D eigenvalue weighted by atomic mass is 10.3. The van der Waals surface area contributed by atoms with E-state index in [-0.39, 0.29) is 0 Å². The average molecular weight is 334 g/mol. The van der Waals surface area contributed by atoms with Crippen LogP contribution in [0.5, 0.6) is 0 Å². The Morgan fingerprint density at radius 1 is 1.24 bits per heavy atom. The lowest BCUT2D eigenvalue weighted by molar-refractivity contribution is 0.309. The van der Waals surface area contributed by atoms with Crippen LogP contribution in [0.25, 0.3) is 0 Å². The summed E-state index contributed by atoms with van der Waals surface area (Å²) in [5.74, 6) is 0. The zero-order chi connectivity index (χ0) is 15.9. The SMILES string of the molecule is CCNCc1scc(C)c1S(=O)(=O)NCCN(CC)CC. The van der Waals surface area contributed by atoms with Crippen molar-refractivity contribution in [1.82, 2.24) is 14.9 Å². The Hall–Kier alpha value is -0.470. The van der Waals surface area contributed by atoms with Crippen molar-refractivity contribution in [3.63, 3.8) is 0 Å². The van der Waals surface area contributed by atoms with Crippen molar-refractivity contribution in [1.29, 1.82) is 0 Å². The number of hydrogen-bond acceptors (Lipinski definition) is 5. The van der Waals surface area contributed by atoms with Crippen molar-refractivity contribution in [2.24, 2.45) is 0 Å². The van der Waals surface area contributed by atoms with E-state index in [4.69, 9.17) is 0 Å². The second-order valence-electron chi connectivity index (χ2n) is 4.88. The number of nitrogens with zero attached hydrogens (tertiary/aromatic N) is 1. The van der Waals surface area contributed by atoms with Gasteiger partial charge in [0.2, 0.25) is 10.0 Å². The third-order valence-electron chi connectivity index (χ3n) is 3.41. The van der Waals surface area contributed by atoms with Crippen molar-refractivity contribution >= 4 is 21.4 Å². The van der Waals surface area contributed by atoms with Gasteiger partial charge in [-0.05, 0) is 37.5 Å². The highest BCUT2D eigenvalue weighted by Gasteiger charge is 2.22. The summed E-state index contributed by atoms with van der Waals surface area (Å²) >= 11 is 1.50. The average Bonchev–Trinajstić information content (AvgIpc) is 2.83. The molecule has 1 heterocycles. The van der Waals surface area contributed by atoms with Gasteiger partial charge >= 0.3 is 0 Å². The molecule has 122 valence electrons. The van der Waals surface area contributed by atoms with E-state index in [1.54, 1.807) is 0 Å². The van der Waals surface area contributed by atoms with E-state index in [1.807, 2.05) is 19.2 Å². The number of aryl methyl sites for hydroxylation is 1. The first kappa shape index (κ1) is 18.6. The normalized spacial score (nSPS) is 12.2. The lowest BCUT2D eigenvalue weighted by Crippen LogP contribution is -2.35. The Balaban J connectivity index is 2.76. The molecule has 0 aromatic carbocycles. The maximum atomic E-state index is 12.5. The van der Waals surface area contributed by atoms with Crippen LogP contribution in [0.1, 0.15) is 31.2 Å². The van der Waals surface area contributed by atoms with Gasteiger partial charge < -0.3 is 10.2 Å². The van der Waals surface area contributed by atoms with E-state index >= 15 is 0 Å². The Kier molecular flexibility index (Phi) is 7.83. The molecule has 0 atom stereocenters. The molecule has 0 saturated heterocycles. The molecule has 1 aromatic heterocycles. The first-order valence-electron chi connectivity index (χ1n) is 7.45. The first-order valence-corrected chi connectivity index (χ1v) is 9.82. The van der Waals surface area contributed by atoms with Crippen molar-refractivity contribution < 1.29 is 8.42 Å². The number of rotatable bonds is 10. The molecule has 0 amide bonds. The third kappa shape index (κ3) is 5.34. The molecule has 0 bridgehead atoms. The Labute approximate surface area is 132 Å². The van der Waals surface area contributed by atoms with Crippen LogP contribution in [0.15, 0.2) is 10.3 Å². The predicted octanol–water partition coefficient (Wildman–Crippen LogP) is 1.79. The zero-order valence-electron chi connectivity index (χ0n) is 13.4. The van der Waals surface area contributed by atoms with Crippen LogP contribution in [0, 0.1) is 6.92 Å². The van der Waals surface area contributed by atoms with E-state index in [1.165, 1.54) is 11.3 Å². The maximum absolute atomic E-state index is 12.5. The van der Waals surface area contributed by atoms with Gasteiger partial charge in [0.15, 0.2) is 0 Å². The maximum Gasteiger partial charge on any atom is 0.242 e. The van der Waals surface area contributed by atoms with Crippen LogP contribution in [0.3, 0.4) is 0 Å². The summed E-state index contributed by atoms with van der Waals surface area (Å²) in [5.41, 5.74) is 0.822. The quantitative estimate of drug-likeness (QED) is 0.685. The zero-order valence-corrected chi connectivity index (χ0v) is 15.0. The van der Waals surface area contributed by atoms with Crippen LogP contribution in [-0.2, 0) is 16.6 Å².